The topological polar surface area (TPSA) is 36.9 Å². The van der Waals surface area contributed by atoms with Crippen molar-refractivity contribution in [2.45, 2.75) is 40.8 Å². The van der Waals surface area contributed by atoms with Gasteiger partial charge in [0.25, 0.3) is 0 Å². The van der Waals surface area contributed by atoms with Crippen LogP contribution in [0.15, 0.2) is 0 Å². The van der Waals surface area contributed by atoms with Crippen molar-refractivity contribution in [2.24, 2.45) is 0 Å². The highest BCUT2D eigenvalue weighted by Crippen LogP contribution is 2.29. The molecule has 0 atom stereocenters. The van der Waals surface area contributed by atoms with E-state index in [1.807, 2.05) is 49.3 Å². The van der Waals surface area contributed by atoms with Crippen molar-refractivity contribution in [1.82, 2.24) is 0 Å². The Morgan fingerprint density at radius 1 is 0.600 bits per heavy atom. The van der Waals surface area contributed by atoms with Crippen molar-refractivity contribution >= 4 is 38.7 Å². The molecule has 0 aromatic carbocycles. The largest absolute Gasteiger partial charge is 0.394 e. The average Bonchev–Trinajstić information content (AvgIpc) is 2.36. The molecular formula is C12H30O4S2Si2. The lowest BCUT2D eigenvalue weighted by Crippen LogP contribution is -2.43. The minimum absolute atomic E-state index is 0.721. The highest BCUT2D eigenvalue weighted by atomic mass is 33.1. The van der Waals surface area contributed by atoms with Gasteiger partial charge < -0.3 is 17.7 Å². The van der Waals surface area contributed by atoms with Gasteiger partial charge in [0.1, 0.15) is 0 Å². The Balaban J connectivity index is 4.13. The quantitative estimate of drug-likeness (QED) is 0.284. The fourth-order valence-corrected chi connectivity index (χ4v) is 13.4. The molecule has 122 valence electrons. The van der Waals surface area contributed by atoms with E-state index in [1.165, 1.54) is 0 Å². The summed E-state index contributed by atoms with van der Waals surface area (Å²) in [6.45, 7) is 15.2. The Morgan fingerprint density at radius 3 is 1.05 bits per heavy atom. The van der Waals surface area contributed by atoms with E-state index in [4.69, 9.17) is 17.7 Å². The van der Waals surface area contributed by atoms with E-state index in [0.29, 0.717) is 0 Å². The summed E-state index contributed by atoms with van der Waals surface area (Å²) in [6.07, 6.45) is 0. The molecule has 0 aliphatic carbocycles. The first-order valence-electron chi connectivity index (χ1n) is 7.25. The Bertz CT molecular complexity index is 211. The van der Waals surface area contributed by atoms with Gasteiger partial charge in [0.05, 0.1) is 0 Å². The summed E-state index contributed by atoms with van der Waals surface area (Å²) in [5.74, 6) is 0. The third-order valence-corrected chi connectivity index (χ3v) is 14.0. The summed E-state index contributed by atoms with van der Waals surface area (Å²) in [4.78, 5) is 0. The highest BCUT2D eigenvalue weighted by Gasteiger charge is 2.34. The Hall–Kier alpha value is 0.974. The van der Waals surface area contributed by atoms with Gasteiger partial charge in [-0.15, -0.1) is 0 Å². The molecule has 0 N–H and O–H groups in total. The second-order valence-electron chi connectivity index (χ2n) is 4.52. The summed E-state index contributed by atoms with van der Waals surface area (Å²) in [5.41, 5.74) is 0. The predicted molar refractivity (Wildman–Crippen MR) is 94.7 cm³/mol. The second-order valence-corrected chi connectivity index (χ2v) is 14.4. The van der Waals surface area contributed by atoms with Gasteiger partial charge in [-0.3, -0.25) is 0 Å². The maximum absolute atomic E-state index is 5.83. The van der Waals surface area contributed by atoms with Crippen molar-refractivity contribution in [3.8, 4) is 0 Å². The Morgan fingerprint density at radius 2 is 0.850 bits per heavy atom. The molecule has 4 nitrogen and oxygen atoms in total. The van der Waals surface area contributed by atoms with E-state index in [-0.39, 0.29) is 0 Å². The average molecular weight is 359 g/mol. The van der Waals surface area contributed by atoms with Crippen molar-refractivity contribution in [1.29, 1.82) is 0 Å². The fourth-order valence-electron chi connectivity index (χ4n) is 1.77. The van der Waals surface area contributed by atoms with Gasteiger partial charge in [-0.2, -0.15) is 0 Å². The lowest BCUT2D eigenvalue weighted by molar-refractivity contribution is 0.194. The molecule has 0 rings (SSSR count). The maximum atomic E-state index is 5.83. The molecule has 0 saturated heterocycles. The van der Waals surface area contributed by atoms with Crippen LogP contribution in [-0.4, -0.2) is 54.3 Å². The minimum Gasteiger partial charge on any atom is -0.394 e. The molecule has 8 heteroatoms. The van der Waals surface area contributed by atoms with Crippen LogP contribution >= 0.6 is 21.6 Å². The first-order valence-corrected chi connectivity index (χ1v) is 14.8. The molecule has 0 amide bonds. The van der Waals surface area contributed by atoms with Crippen LogP contribution in [0.1, 0.15) is 27.7 Å². The van der Waals surface area contributed by atoms with Crippen molar-refractivity contribution in [3.63, 3.8) is 0 Å². The molecule has 20 heavy (non-hydrogen) atoms. The summed E-state index contributed by atoms with van der Waals surface area (Å²) in [5, 5.41) is 1.87. The fraction of sp³-hybridized carbons (Fsp3) is 1.00. The van der Waals surface area contributed by atoms with Crippen molar-refractivity contribution in [3.05, 3.63) is 0 Å². The molecule has 0 aromatic heterocycles. The van der Waals surface area contributed by atoms with Gasteiger partial charge in [-0.05, 0) is 40.8 Å². The molecule has 0 unspecified atom stereocenters. The van der Waals surface area contributed by atoms with Crippen LogP contribution in [0.25, 0.3) is 0 Å². The van der Waals surface area contributed by atoms with Gasteiger partial charge in [0.15, 0.2) is 0 Å². The smallest absolute Gasteiger partial charge is 0.346 e. The van der Waals surface area contributed by atoms with Crippen LogP contribution < -0.4 is 0 Å². The van der Waals surface area contributed by atoms with Gasteiger partial charge >= 0.3 is 17.1 Å². The summed E-state index contributed by atoms with van der Waals surface area (Å²) < 4.78 is 23.3. The molecule has 0 aromatic rings. The van der Waals surface area contributed by atoms with Gasteiger partial charge in [0.2, 0.25) is 0 Å². The number of rotatable bonds is 13. The van der Waals surface area contributed by atoms with Crippen LogP contribution in [-0.2, 0) is 17.7 Å². The second kappa shape index (κ2) is 11.5. The normalized spacial score (nSPS) is 12.9. The van der Waals surface area contributed by atoms with Crippen LogP contribution in [0.5, 0.6) is 0 Å². The third-order valence-electron chi connectivity index (χ3n) is 2.52. The standard InChI is InChI=1S/C12H30O4S2Si2/c1-7-13-19(5,14-8-2)11-17-18-12-20(6,15-9-3)16-10-4/h7-12H2,1-6H3. The van der Waals surface area contributed by atoms with Crippen LogP contribution in [0.2, 0.25) is 13.1 Å². The van der Waals surface area contributed by atoms with E-state index in [9.17, 15) is 0 Å². The van der Waals surface area contributed by atoms with Crippen LogP contribution in [0, 0.1) is 0 Å². The third kappa shape index (κ3) is 9.09. The molecule has 0 aliphatic heterocycles. The van der Waals surface area contributed by atoms with E-state index < -0.39 is 17.1 Å². The summed E-state index contributed by atoms with van der Waals surface area (Å²) in [7, 11) is -0.370. The molecule has 0 bridgehead atoms. The van der Waals surface area contributed by atoms with Crippen molar-refractivity contribution in [2.75, 3.05) is 37.2 Å². The Labute approximate surface area is 134 Å². The molecule has 0 fully saturated rings. The zero-order chi connectivity index (χ0) is 15.5. The number of hydrogen-bond acceptors (Lipinski definition) is 6. The van der Waals surface area contributed by atoms with Gasteiger partial charge in [-0.1, -0.05) is 21.6 Å². The minimum atomic E-state index is -2.01. The molecule has 0 heterocycles. The molecule has 0 aliphatic rings. The molecule has 0 saturated carbocycles. The molecule has 0 radical (unpaired) electrons. The molecule has 0 spiro atoms. The monoisotopic (exact) mass is 358 g/mol. The predicted octanol–water partition coefficient (Wildman–Crippen LogP) is 3.74. The van der Waals surface area contributed by atoms with E-state index in [1.54, 1.807) is 0 Å². The zero-order valence-corrected chi connectivity index (χ0v) is 17.3. The van der Waals surface area contributed by atoms with Crippen LogP contribution in [0.3, 0.4) is 0 Å². The highest BCUT2D eigenvalue weighted by molar-refractivity contribution is 8.77. The Kier molecular flexibility index (Phi) is 12.1. The van der Waals surface area contributed by atoms with E-state index >= 15 is 0 Å². The SMILES string of the molecule is CCO[Si](C)(CSSC[Si](C)(OCC)OCC)OCC. The van der Waals surface area contributed by atoms with Gasteiger partial charge in [-0.25, -0.2) is 0 Å². The van der Waals surface area contributed by atoms with E-state index in [0.717, 1.165) is 37.2 Å². The first kappa shape index (κ1) is 21.0. The van der Waals surface area contributed by atoms with Gasteiger partial charge in [0, 0.05) is 37.2 Å². The maximum Gasteiger partial charge on any atom is 0.346 e. The van der Waals surface area contributed by atoms with E-state index in [2.05, 4.69) is 13.1 Å². The van der Waals surface area contributed by atoms with Crippen LogP contribution in [0.4, 0.5) is 0 Å². The van der Waals surface area contributed by atoms with Crippen molar-refractivity contribution < 1.29 is 17.7 Å². The lowest BCUT2D eigenvalue weighted by atomic mass is 10.9. The molecular weight excluding hydrogens is 328 g/mol. The zero-order valence-electron chi connectivity index (χ0n) is 13.7. The lowest BCUT2D eigenvalue weighted by Gasteiger charge is -2.27. The number of hydrogen-bond donors (Lipinski definition) is 0. The first-order chi connectivity index (χ1) is 9.45. The summed E-state index contributed by atoms with van der Waals surface area (Å²) in [6, 6.07) is 0. The summed E-state index contributed by atoms with van der Waals surface area (Å²) >= 11 is 0.